The molecule has 5 heteroatoms. The van der Waals surface area contributed by atoms with Crippen LogP contribution in [0.3, 0.4) is 0 Å². The second-order valence-electron chi connectivity index (χ2n) is 5.98. The van der Waals surface area contributed by atoms with Gasteiger partial charge in [-0.1, -0.05) is 32.0 Å². The zero-order valence-corrected chi connectivity index (χ0v) is 11.5. The number of rotatable bonds is 3. The number of hydrogen-bond acceptors (Lipinski definition) is 2. The van der Waals surface area contributed by atoms with Gasteiger partial charge in [0.05, 0.1) is 6.61 Å². The van der Waals surface area contributed by atoms with Crippen LogP contribution in [-0.2, 0) is 11.8 Å². The summed E-state index contributed by atoms with van der Waals surface area (Å²) in [6.45, 7) is 6.79. The van der Waals surface area contributed by atoms with Crippen LogP contribution in [0, 0.1) is 6.92 Å². The van der Waals surface area contributed by atoms with Crippen LogP contribution in [0.4, 0.5) is 13.2 Å². The molecule has 0 bridgehead atoms. The number of ether oxygens (including phenoxy) is 1. The Morgan fingerprint density at radius 1 is 1.30 bits per heavy atom. The minimum atomic E-state index is -4.76. The monoisotopic (exact) mass is 287 g/mol. The summed E-state index contributed by atoms with van der Waals surface area (Å²) < 4.78 is 44.0. The van der Waals surface area contributed by atoms with Crippen molar-refractivity contribution in [1.29, 1.82) is 0 Å². The molecule has 0 aliphatic carbocycles. The summed E-state index contributed by atoms with van der Waals surface area (Å²) in [6.07, 6.45) is -4.53. The van der Waals surface area contributed by atoms with Gasteiger partial charge in [-0.25, -0.2) is 0 Å². The molecule has 0 amide bonds. The molecule has 1 unspecified atom stereocenters. The molecule has 2 nitrogen and oxygen atoms in total. The second kappa shape index (κ2) is 4.65. The number of aliphatic hydroxyl groups is 1. The Morgan fingerprint density at radius 2 is 1.95 bits per heavy atom. The Kier molecular flexibility index (Phi) is 3.53. The molecule has 2 rings (SSSR count). The number of benzene rings is 1. The van der Waals surface area contributed by atoms with Crippen LogP contribution in [0.5, 0.6) is 5.75 Å². The largest absolute Gasteiger partial charge is 0.493 e. The average molecular weight is 287 g/mol. The first-order valence-electron chi connectivity index (χ1n) is 6.44. The van der Waals surface area contributed by atoms with Gasteiger partial charge in [0.15, 0.2) is 5.60 Å². The molecule has 1 radical (unpaired) electrons. The van der Waals surface area contributed by atoms with E-state index in [1.54, 1.807) is 26.0 Å². The molecular weight excluding hydrogens is 269 g/mol. The Balaban J connectivity index is 2.35. The van der Waals surface area contributed by atoms with Gasteiger partial charge in [0.2, 0.25) is 0 Å². The summed E-state index contributed by atoms with van der Waals surface area (Å²) in [5, 5.41) is 9.62. The molecule has 1 heterocycles. The van der Waals surface area contributed by atoms with Gasteiger partial charge in [0, 0.05) is 12.0 Å². The van der Waals surface area contributed by atoms with Gasteiger partial charge in [0.25, 0.3) is 0 Å². The molecule has 0 saturated heterocycles. The van der Waals surface area contributed by atoms with Gasteiger partial charge in [-0.2, -0.15) is 13.2 Å². The van der Waals surface area contributed by atoms with Gasteiger partial charge < -0.3 is 9.84 Å². The molecule has 1 aliphatic heterocycles. The molecule has 0 aromatic heterocycles. The second-order valence-corrected chi connectivity index (χ2v) is 5.98. The molecule has 1 aromatic rings. The number of hydrogen-bond donors (Lipinski definition) is 1. The first-order valence-corrected chi connectivity index (χ1v) is 6.44. The summed E-state index contributed by atoms with van der Waals surface area (Å²) in [4.78, 5) is 0. The van der Waals surface area contributed by atoms with Crippen molar-refractivity contribution in [3.8, 4) is 5.75 Å². The normalized spacial score (nSPS) is 18.4. The predicted molar refractivity (Wildman–Crippen MR) is 69.6 cm³/mol. The molecular formula is C15H18F3O2. The van der Waals surface area contributed by atoms with Crippen LogP contribution in [0.2, 0.25) is 0 Å². The molecule has 1 aliphatic rings. The standard InChI is InChI=1S/C15H18F3O2/c1-13(2,9-14(3,19)15(16,17)18)11-6-4-5-10-7-8-20-12(10)11/h4-6,19H,3,7-9H2,1-2H3. The van der Waals surface area contributed by atoms with E-state index in [4.69, 9.17) is 4.74 Å². The van der Waals surface area contributed by atoms with E-state index in [0.717, 1.165) is 12.0 Å². The molecule has 111 valence electrons. The lowest BCUT2D eigenvalue weighted by atomic mass is 9.74. The van der Waals surface area contributed by atoms with Gasteiger partial charge in [-0.05, 0) is 24.3 Å². The van der Waals surface area contributed by atoms with E-state index in [1.807, 2.05) is 6.07 Å². The van der Waals surface area contributed by atoms with Crippen LogP contribution in [0.25, 0.3) is 0 Å². The molecule has 0 saturated carbocycles. The average Bonchev–Trinajstić information content (AvgIpc) is 2.72. The van der Waals surface area contributed by atoms with Crippen LogP contribution < -0.4 is 4.74 Å². The highest BCUT2D eigenvalue weighted by Gasteiger charge is 2.52. The van der Waals surface area contributed by atoms with E-state index < -0.39 is 23.6 Å². The van der Waals surface area contributed by atoms with E-state index in [2.05, 4.69) is 6.92 Å². The van der Waals surface area contributed by atoms with Crippen LogP contribution in [0.15, 0.2) is 18.2 Å². The first-order chi connectivity index (χ1) is 9.05. The SMILES string of the molecule is [CH2]C(O)(CC(C)(C)c1cccc2c1OCC2)C(F)(F)F. The highest BCUT2D eigenvalue weighted by Crippen LogP contribution is 2.44. The summed E-state index contributed by atoms with van der Waals surface area (Å²) in [5.74, 6) is 0.649. The van der Waals surface area contributed by atoms with Crippen molar-refractivity contribution in [2.45, 2.75) is 43.9 Å². The van der Waals surface area contributed by atoms with Gasteiger partial charge in [-0.3, -0.25) is 0 Å². The molecule has 0 fully saturated rings. The minimum absolute atomic E-state index is 0.524. The quantitative estimate of drug-likeness (QED) is 0.923. The van der Waals surface area contributed by atoms with Crippen molar-refractivity contribution in [3.63, 3.8) is 0 Å². The predicted octanol–water partition coefficient (Wildman–Crippen LogP) is 3.42. The smallest absolute Gasteiger partial charge is 0.417 e. The molecule has 20 heavy (non-hydrogen) atoms. The van der Waals surface area contributed by atoms with E-state index in [0.29, 0.717) is 17.9 Å². The lowest BCUT2D eigenvalue weighted by Crippen LogP contribution is -2.46. The summed E-state index contributed by atoms with van der Waals surface area (Å²) >= 11 is 0. The summed E-state index contributed by atoms with van der Waals surface area (Å²) in [5.41, 5.74) is -2.20. The number of halogens is 3. The maximum atomic E-state index is 12.8. The van der Waals surface area contributed by atoms with Crippen LogP contribution in [-0.4, -0.2) is 23.5 Å². The summed E-state index contributed by atoms with van der Waals surface area (Å²) in [6, 6.07) is 5.46. The highest BCUT2D eigenvalue weighted by atomic mass is 19.4. The maximum Gasteiger partial charge on any atom is 0.417 e. The molecule has 0 spiro atoms. The first kappa shape index (κ1) is 15.2. The van der Waals surface area contributed by atoms with E-state index in [1.165, 1.54) is 0 Å². The Morgan fingerprint density at radius 3 is 2.55 bits per heavy atom. The van der Waals surface area contributed by atoms with E-state index in [-0.39, 0.29) is 0 Å². The van der Waals surface area contributed by atoms with Gasteiger partial charge >= 0.3 is 6.18 Å². The van der Waals surface area contributed by atoms with E-state index in [9.17, 15) is 18.3 Å². The maximum absolute atomic E-state index is 12.8. The lowest BCUT2D eigenvalue weighted by molar-refractivity contribution is -0.247. The number of fused-ring (bicyclic) bond motifs is 1. The fourth-order valence-electron chi connectivity index (χ4n) is 2.67. The van der Waals surface area contributed by atoms with Crippen molar-refractivity contribution >= 4 is 0 Å². The topological polar surface area (TPSA) is 29.5 Å². The number of alkyl halides is 3. The number of para-hydroxylation sites is 1. The fraction of sp³-hybridized carbons (Fsp3) is 0.533. The van der Waals surface area contributed by atoms with Crippen LogP contribution in [0.1, 0.15) is 31.4 Å². The third kappa shape index (κ3) is 2.64. The van der Waals surface area contributed by atoms with Crippen molar-refractivity contribution < 1.29 is 23.0 Å². The van der Waals surface area contributed by atoms with Gasteiger partial charge in [-0.15, -0.1) is 0 Å². The summed E-state index contributed by atoms with van der Waals surface area (Å²) in [7, 11) is 0. The third-order valence-electron chi connectivity index (χ3n) is 3.71. The molecule has 1 atom stereocenters. The van der Waals surface area contributed by atoms with Crippen molar-refractivity contribution in [2.75, 3.05) is 6.61 Å². The zero-order valence-electron chi connectivity index (χ0n) is 11.5. The highest BCUT2D eigenvalue weighted by molar-refractivity contribution is 5.47. The Labute approximate surface area is 116 Å². The van der Waals surface area contributed by atoms with Crippen molar-refractivity contribution in [2.24, 2.45) is 0 Å². The van der Waals surface area contributed by atoms with E-state index >= 15 is 0 Å². The lowest BCUT2D eigenvalue weighted by Gasteiger charge is -2.35. The Hall–Kier alpha value is -1.23. The Bertz CT molecular complexity index is 504. The van der Waals surface area contributed by atoms with Crippen molar-refractivity contribution in [1.82, 2.24) is 0 Å². The van der Waals surface area contributed by atoms with Gasteiger partial charge in [0.1, 0.15) is 5.75 Å². The zero-order chi connectivity index (χ0) is 15.2. The molecule has 1 N–H and O–H groups in total. The van der Waals surface area contributed by atoms with Crippen LogP contribution >= 0.6 is 0 Å². The minimum Gasteiger partial charge on any atom is -0.493 e. The van der Waals surface area contributed by atoms with Crippen molar-refractivity contribution in [3.05, 3.63) is 36.2 Å². The third-order valence-corrected chi connectivity index (χ3v) is 3.71. The fourth-order valence-corrected chi connectivity index (χ4v) is 2.67. The molecule has 1 aromatic carbocycles.